The first kappa shape index (κ1) is 23.2. The lowest BCUT2D eigenvalue weighted by molar-refractivity contribution is -0.131. The average Bonchev–Trinajstić information content (AvgIpc) is 3.17. The van der Waals surface area contributed by atoms with Crippen molar-refractivity contribution in [3.05, 3.63) is 57.8 Å². The lowest BCUT2D eigenvalue weighted by Gasteiger charge is -2.41. The summed E-state index contributed by atoms with van der Waals surface area (Å²) in [7, 11) is 4.42. The number of Topliss-reactive ketones (excluding diaryl/α,β-unsaturated/α-hetero) is 2. The molecule has 0 radical (unpaired) electrons. The molecule has 0 fully saturated rings. The van der Waals surface area contributed by atoms with E-state index in [4.69, 9.17) is 30.5 Å². The summed E-state index contributed by atoms with van der Waals surface area (Å²) in [5.74, 6) is -1.08. The molecule has 9 heteroatoms. The third kappa shape index (κ3) is 3.23. The van der Waals surface area contributed by atoms with Crippen molar-refractivity contribution >= 4 is 29.1 Å². The number of benzene rings is 2. The number of carbonyl (C=O) groups excluding carboxylic acids is 3. The number of nitrogens with one attached hydrogen (secondary N) is 1. The van der Waals surface area contributed by atoms with Crippen molar-refractivity contribution < 1.29 is 33.3 Å². The molecule has 1 amide bonds. The Morgan fingerprint density at radius 1 is 0.971 bits per heavy atom. The Morgan fingerprint density at radius 2 is 1.66 bits per heavy atom. The minimum absolute atomic E-state index is 0.0676. The van der Waals surface area contributed by atoms with Gasteiger partial charge in [0.2, 0.25) is 23.1 Å². The maximum Gasteiger partial charge on any atom is 0.236 e. The van der Waals surface area contributed by atoms with Crippen LogP contribution in [0.4, 0.5) is 0 Å². The van der Waals surface area contributed by atoms with Gasteiger partial charge in [0.25, 0.3) is 0 Å². The molecule has 5 rings (SSSR count). The molecular weight excluding hydrogens is 474 g/mol. The largest absolute Gasteiger partial charge is 0.497 e. The van der Waals surface area contributed by atoms with E-state index >= 15 is 0 Å². The SMILES string of the molecule is COc1ccc(C2CC(=O)NC3=C2C(=O)C2(Oc4c(Cl)c(OC)cc(OC)c4C2=O)C(C)C3)cc1. The van der Waals surface area contributed by atoms with Crippen LogP contribution in [0.5, 0.6) is 23.0 Å². The van der Waals surface area contributed by atoms with Crippen LogP contribution in [-0.4, -0.2) is 44.4 Å². The van der Waals surface area contributed by atoms with Crippen LogP contribution >= 0.6 is 11.6 Å². The fraction of sp³-hybridized carbons (Fsp3) is 0.346. The minimum atomic E-state index is -1.82. The van der Waals surface area contributed by atoms with Gasteiger partial charge >= 0.3 is 0 Å². The highest BCUT2D eigenvalue weighted by Gasteiger charge is 2.63. The van der Waals surface area contributed by atoms with Crippen molar-refractivity contribution in [2.75, 3.05) is 21.3 Å². The van der Waals surface area contributed by atoms with E-state index in [0.717, 1.165) is 5.56 Å². The molecule has 2 aliphatic heterocycles. The maximum absolute atomic E-state index is 14.3. The van der Waals surface area contributed by atoms with E-state index in [1.165, 1.54) is 20.3 Å². The predicted molar refractivity (Wildman–Crippen MR) is 127 cm³/mol. The average molecular weight is 498 g/mol. The predicted octanol–water partition coefficient (Wildman–Crippen LogP) is 3.85. The first-order chi connectivity index (χ1) is 16.8. The van der Waals surface area contributed by atoms with E-state index in [2.05, 4.69) is 5.32 Å². The number of ketones is 2. The highest BCUT2D eigenvalue weighted by molar-refractivity contribution is 6.36. The maximum atomic E-state index is 14.3. The number of rotatable bonds is 4. The smallest absolute Gasteiger partial charge is 0.236 e. The van der Waals surface area contributed by atoms with Crippen LogP contribution < -0.4 is 24.3 Å². The van der Waals surface area contributed by atoms with Crippen LogP contribution in [0.15, 0.2) is 41.6 Å². The number of ether oxygens (including phenoxy) is 4. The Labute approximate surface area is 207 Å². The summed E-state index contributed by atoms with van der Waals surface area (Å²) in [4.78, 5) is 40.8. The summed E-state index contributed by atoms with van der Waals surface area (Å²) in [6.07, 6.45) is 0.344. The quantitative estimate of drug-likeness (QED) is 0.640. The lowest BCUT2D eigenvalue weighted by Crippen LogP contribution is -2.59. The van der Waals surface area contributed by atoms with Gasteiger partial charge in [-0.25, -0.2) is 0 Å². The Kier molecular flexibility index (Phi) is 5.51. The van der Waals surface area contributed by atoms with Gasteiger partial charge in [0, 0.05) is 35.6 Å². The van der Waals surface area contributed by atoms with Crippen molar-refractivity contribution in [3.63, 3.8) is 0 Å². The molecule has 1 spiro atoms. The summed E-state index contributed by atoms with van der Waals surface area (Å²) in [5.41, 5.74) is -0.0452. The van der Waals surface area contributed by atoms with Gasteiger partial charge in [-0.3, -0.25) is 14.4 Å². The van der Waals surface area contributed by atoms with Crippen LogP contribution in [-0.2, 0) is 9.59 Å². The van der Waals surface area contributed by atoms with Gasteiger partial charge in [0.15, 0.2) is 5.75 Å². The van der Waals surface area contributed by atoms with Crippen molar-refractivity contribution in [2.45, 2.75) is 31.3 Å². The van der Waals surface area contributed by atoms with Crippen molar-refractivity contribution in [1.82, 2.24) is 5.32 Å². The summed E-state index contributed by atoms with van der Waals surface area (Å²) in [6.45, 7) is 1.76. The normalized spacial score (nSPS) is 25.1. The summed E-state index contributed by atoms with van der Waals surface area (Å²) < 4.78 is 22.2. The van der Waals surface area contributed by atoms with Crippen molar-refractivity contribution in [2.24, 2.45) is 5.92 Å². The van der Waals surface area contributed by atoms with E-state index in [1.54, 1.807) is 26.2 Å². The van der Waals surface area contributed by atoms with E-state index in [-0.39, 0.29) is 46.6 Å². The van der Waals surface area contributed by atoms with Gasteiger partial charge in [0.1, 0.15) is 27.8 Å². The molecule has 2 heterocycles. The topological polar surface area (TPSA) is 100 Å². The Balaban J connectivity index is 1.65. The molecule has 3 aliphatic rings. The fourth-order valence-corrected chi connectivity index (χ4v) is 5.58. The van der Waals surface area contributed by atoms with Crippen molar-refractivity contribution in [3.8, 4) is 23.0 Å². The molecule has 35 heavy (non-hydrogen) atoms. The van der Waals surface area contributed by atoms with Crippen LogP contribution in [0, 0.1) is 5.92 Å². The molecule has 1 N–H and O–H groups in total. The molecule has 0 bridgehead atoms. The molecular formula is C26H24ClNO7. The molecule has 2 aromatic carbocycles. The number of carbonyl (C=O) groups is 3. The molecule has 1 aliphatic carbocycles. The Bertz CT molecular complexity index is 1300. The second-order valence-electron chi connectivity index (χ2n) is 8.87. The lowest BCUT2D eigenvalue weighted by atomic mass is 9.66. The van der Waals surface area contributed by atoms with Gasteiger partial charge in [-0.15, -0.1) is 0 Å². The number of hydrogen-bond donors (Lipinski definition) is 1. The highest BCUT2D eigenvalue weighted by atomic mass is 35.5. The van der Waals surface area contributed by atoms with Gasteiger partial charge in [-0.2, -0.15) is 0 Å². The summed E-state index contributed by atoms with van der Waals surface area (Å²) >= 11 is 6.51. The standard InChI is InChI=1S/C26H24ClNO7/c1-12-9-16-20(15(10-19(29)28-16)13-5-7-14(32-2)8-6-13)24(30)26(12)25(31)21-17(33-3)11-18(34-4)22(27)23(21)35-26/h5-8,11-12,15H,9-10H2,1-4H3,(H,28,29). The Hall–Kier alpha value is -3.52. The van der Waals surface area contributed by atoms with Crippen LogP contribution in [0.3, 0.4) is 0 Å². The number of hydrogen-bond acceptors (Lipinski definition) is 7. The van der Waals surface area contributed by atoms with Gasteiger partial charge in [-0.1, -0.05) is 30.7 Å². The number of allylic oxidation sites excluding steroid dienone is 1. The van der Waals surface area contributed by atoms with Crippen molar-refractivity contribution in [1.29, 1.82) is 0 Å². The highest BCUT2D eigenvalue weighted by Crippen LogP contribution is 2.55. The number of fused-ring (bicyclic) bond motifs is 1. The number of amides is 1. The van der Waals surface area contributed by atoms with E-state index in [0.29, 0.717) is 17.0 Å². The number of halogens is 1. The van der Waals surface area contributed by atoms with Crippen LogP contribution in [0.2, 0.25) is 5.02 Å². The monoisotopic (exact) mass is 497 g/mol. The third-order valence-corrected chi connectivity index (χ3v) is 7.43. The second kappa shape index (κ2) is 8.30. The third-order valence-electron chi connectivity index (χ3n) is 7.08. The van der Waals surface area contributed by atoms with Gasteiger partial charge in [0.05, 0.1) is 21.3 Å². The molecule has 2 aromatic rings. The van der Waals surface area contributed by atoms with E-state index < -0.39 is 29.0 Å². The summed E-state index contributed by atoms with van der Waals surface area (Å²) in [5, 5.41) is 2.95. The minimum Gasteiger partial charge on any atom is -0.497 e. The van der Waals surface area contributed by atoms with Gasteiger partial charge in [-0.05, 0) is 24.1 Å². The molecule has 0 saturated carbocycles. The van der Waals surface area contributed by atoms with Crippen LogP contribution in [0.25, 0.3) is 0 Å². The van der Waals surface area contributed by atoms with Gasteiger partial charge < -0.3 is 24.3 Å². The molecule has 0 aromatic heterocycles. The first-order valence-electron chi connectivity index (χ1n) is 11.2. The molecule has 3 unspecified atom stereocenters. The zero-order chi connectivity index (χ0) is 25.1. The molecule has 0 saturated heterocycles. The second-order valence-corrected chi connectivity index (χ2v) is 9.25. The zero-order valence-corrected chi connectivity index (χ0v) is 20.4. The fourth-order valence-electron chi connectivity index (χ4n) is 5.31. The molecule has 8 nitrogen and oxygen atoms in total. The molecule has 3 atom stereocenters. The zero-order valence-electron chi connectivity index (χ0n) is 19.7. The van der Waals surface area contributed by atoms with E-state index in [9.17, 15) is 14.4 Å². The van der Waals surface area contributed by atoms with E-state index in [1.807, 2.05) is 12.1 Å². The molecule has 182 valence electrons. The Morgan fingerprint density at radius 3 is 2.29 bits per heavy atom. The summed E-state index contributed by atoms with van der Waals surface area (Å²) in [6, 6.07) is 8.70. The first-order valence-corrected chi connectivity index (χ1v) is 11.5. The number of methoxy groups -OCH3 is 3. The van der Waals surface area contributed by atoms with Crippen LogP contribution in [0.1, 0.15) is 41.6 Å².